The Morgan fingerprint density at radius 3 is 2.00 bits per heavy atom. The van der Waals surface area contributed by atoms with Crippen molar-refractivity contribution in [2.75, 3.05) is 0 Å². The molecule has 1 aromatic carbocycles. The van der Waals surface area contributed by atoms with Gasteiger partial charge in [-0.3, -0.25) is 4.79 Å². The Morgan fingerprint density at radius 1 is 0.947 bits per heavy atom. The van der Waals surface area contributed by atoms with Crippen molar-refractivity contribution in [1.29, 1.82) is 0 Å². The van der Waals surface area contributed by atoms with Crippen LogP contribution in [0.25, 0.3) is 6.08 Å². The standard InChI is InChI=1S/C18H22O/c1-13-4-6-14(7-5-13)8-15-9-17(2)11-16(19)12-18(17,3)10-15/h4-8H,9-12H2,1-3H3/t17-,18+. The van der Waals surface area contributed by atoms with E-state index in [1.54, 1.807) is 0 Å². The first-order valence-corrected chi connectivity index (χ1v) is 7.18. The normalized spacial score (nSPS) is 35.9. The van der Waals surface area contributed by atoms with E-state index >= 15 is 0 Å². The Bertz CT molecular complexity index is 528. The third kappa shape index (κ3) is 2.05. The topological polar surface area (TPSA) is 17.1 Å². The van der Waals surface area contributed by atoms with Crippen LogP contribution < -0.4 is 0 Å². The summed E-state index contributed by atoms with van der Waals surface area (Å²) in [5.41, 5.74) is 4.50. The molecular formula is C18H22O. The number of hydrogen-bond donors (Lipinski definition) is 0. The highest BCUT2D eigenvalue weighted by Gasteiger charge is 2.56. The van der Waals surface area contributed by atoms with Gasteiger partial charge in [0.2, 0.25) is 0 Å². The lowest BCUT2D eigenvalue weighted by molar-refractivity contribution is -0.118. The second-order valence-corrected chi connectivity index (χ2v) is 7.08. The molecule has 0 amide bonds. The summed E-state index contributed by atoms with van der Waals surface area (Å²) in [5, 5.41) is 0. The smallest absolute Gasteiger partial charge is 0.134 e. The minimum absolute atomic E-state index is 0.195. The highest BCUT2D eigenvalue weighted by molar-refractivity contribution is 5.83. The Kier molecular flexibility index (Phi) is 2.70. The molecule has 1 aromatic rings. The number of rotatable bonds is 1. The van der Waals surface area contributed by atoms with E-state index in [4.69, 9.17) is 0 Å². The Hall–Kier alpha value is -1.37. The summed E-state index contributed by atoms with van der Waals surface area (Å²) in [6, 6.07) is 8.70. The molecule has 0 N–H and O–H groups in total. The maximum Gasteiger partial charge on any atom is 0.134 e. The summed E-state index contributed by atoms with van der Waals surface area (Å²) < 4.78 is 0. The zero-order chi connectivity index (χ0) is 13.7. The van der Waals surface area contributed by atoms with E-state index in [1.165, 1.54) is 16.7 Å². The van der Waals surface area contributed by atoms with Gasteiger partial charge in [-0.2, -0.15) is 0 Å². The van der Waals surface area contributed by atoms with Crippen LogP contribution in [0.2, 0.25) is 0 Å². The summed E-state index contributed by atoms with van der Waals surface area (Å²) in [5.74, 6) is 0.458. The van der Waals surface area contributed by atoms with Crippen LogP contribution in [0, 0.1) is 17.8 Å². The second kappa shape index (κ2) is 4.06. The molecule has 0 aromatic heterocycles. The predicted octanol–water partition coefficient (Wildman–Crippen LogP) is 4.55. The van der Waals surface area contributed by atoms with Crippen LogP contribution in [0.5, 0.6) is 0 Å². The zero-order valence-corrected chi connectivity index (χ0v) is 12.1. The monoisotopic (exact) mass is 254 g/mol. The van der Waals surface area contributed by atoms with E-state index in [9.17, 15) is 4.79 Å². The first-order valence-electron chi connectivity index (χ1n) is 7.18. The maximum absolute atomic E-state index is 11.8. The third-order valence-corrected chi connectivity index (χ3v) is 5.31. The van der Waals surface area contributed by atoms with Gasteiger partial charge in [-0.25, -0.2) is 0 Å². The first-order chi connectivity index (χ1) is 8.90. The summed E-state index contributed by atoms with van der Waals surface area (Å²) in [4.78, 5) is 11.8. The van der Waals surface area contributed by atoms with Crippen molar-refractivity contribution in [3.63, 3.8) is 0 Å². The molecule has 0 spiro atoms. The van der Waals surface area contributed by atoms with Crippen molar-refractivity contribution in [3.05, 3.63) is 41.0 Å². The van der Waals surface area contributed by atoms with Gasteiger partial charge in [0.05, 0.1) is 0 Å². The number of carbonyl (C=O) groups excluding carboxylic acids is 1. The number of Topliss-reactive ketones (excluding diaryl/α,β-unsaturated/α-hetero) is 1. The van der Waals surface area contributed by atoms with Crippen molar-refractivity contribution in [1.82, 2.24) is 0 Å². The van der Waals surface area contributed by atoms with Gasteiger partial charge in [-0.1, -0.05) is 55.3 Å². The van der Waals surface area contributed by atoms with E-state index in [0.29, 0.717) is 5.78 Å². The van der Waals surface area contributed by atoms with Crippen LogP contribution in [-0.2, 0) is 4.79 Å². The number of fused-ring (bicyclic) bond motifs is 1. The number of benzene rings is 1. The Morgan fingerprint density at radius 2 is 1.47 bits per heavy atom. The fourth-order valence-corrected chi connectivity index (χ4v) is 3.98. The molecule has 0 radical (unpaired) electrons. The van der Waals surface area contributed by atoms with Crippen LogP contribution in [0.3, 0.4) is 0 Å². The van der Waals surface area contributed by atoms with Gasteiger partial charge in [0.25, 0.3) is 0 Å². The van der Waals surface area contributed by atoms with Crippen LogP contribution in [0.15, 0.2) is 29.8 Å². The second-order valence-electron chi connectivity index (χ2n) is 7.08. The van der Waals surface area contributed by atoms with Gasteiger partial charge >= 0.3 is 0 Å². The quantitative estimate of drug-likeness (QED) is 0.718. The fraction of sp³-hybridized carbons (Fsp3) is 0.500. The van der Waals surface area contributed by atoms with Gasteiger partial charge < -0.3 is 0 Å². The van der Waals surface area contributed by atoms with Crippen LogP contribution in [0.4, 0.5) is 0 Å². The Labute approximate surface area is 115 Å². The molecule has 0 bridgehead atoms. The SMILES string of the molecule is Cc1ccc(C=C2C[C@]3(C)CC(=O)C[C@]3(C)C2)cc1. The summed E-state index contributed by atoms with van der Waals surface area (Å²) in [7, 11) is 0. The molecule has 2 aliphatic rings. The number of ketones is 1. The molecule has 1 heteroatoms. The zero-order valence-electron chi connectivity index (χ0n) is 12.1. The molecule has 0 saturated heterocycles. The van der Waals surface area contributed by atoms with Gasteiger partial charge in [0.1, 0.15) is 5.78 Å². The lowest BCUT2D eigenvalue weighted by Crippen LogP contribution is -2.25. The molecule has 100 valence electrons. The van der Waals surface area contributed by atoms with Crippen molar-refractivity contribution in [3.8, 4) is 0 Å². The first kappa shape index (κ1) is 12.7. The van der Waals surface area contributed by atoms with Gasteiger partial charge in [-0.15, -0.1) is 0 Å². The molecule has 0 unspecified atom stereocenters. The van der Waals surface area contributed by atoms with Crippen molar-refractivity contribution < 1.29 is 4.79 Å². The number of allylic oxidation sites excluding steroid dienone is 1. The third-order valence-electron chi connectivity index (χ3n) is 5.31. The number of carbonyl (C=O) groups is 1. The summed E-state index contributed by atoms with van der Waals surface area (Å²) in [6.07, 6.45) is 6.05. The summed E-state index contributed by atoms with van der Waals surface area (Å²) in [6.45, 7) is 6.71. The van der Waals surface area contributed by atoms with Crippen LogP contribution >= 0.6 is 0 Å². The average molecular weight is 254 g/mol. The highest BCUT2D eigenvalue weighted by atomic mass is 16.1. The van der Waals surface area contributed by atoms with E-state index < -0.39 is 0 Å². The molecule has 2 saturated carbocycles. The minimum atomic E-state index is 0.195. The van der Waals surface area contributed by atoms with E-state index in [2.05, 4.69) is 51.1 Å². The molecule has 3 rings (SSSR count). The van der Waals surface area contributed by atoms with Gasteiger partial charge in [0.15, 0.2) is 0 Å². The van der Waals surface area contributed by atoms with Crippen molar-refractivity contribution >= 4 is 11.9 Å². The molecular weight excluding hydrogens is 232 g/mol. The highest BCUT2D eigenvalue weighted by Crippen LogP contribution is 2.63. The fourth-order valence-electron chi connectivity index (χ4n) is 3.98. The maximum atomic E-state index is 11.8. The molecule has 0 aliphatic heterocycles. The lowest BCUT2D eigenvalue weighted by atomic mass is 9.71. The predicted molar refractivity (Wildman–Crippen MR) is 78.8 cm³/mol. The number of aryl methyl sites for hydroxylation is 1. The van der Waals surface area contributed by atoms with Crippen molar-refractivity contribution in [2.24, 2.45) is 10.8 Å². The van der Waals surface area contributed by atoms with Gasteiger partial charge in [0, 0.05) is 12.8 Å². The van der Waals surface area contributed by atoms with E-state index in [0.717, 1.165) is 25.7 Å². The molecule has 2 fully saturated rings. The van der Waals surface area contributed by atoms with Gasteiger partial charge in [-0.05, 0) is 36.2 Å². The molecule has 2 aliphatic carbocycles. The van der Waals surface area contributed by atoms with E-state index in [1.807, 2.05) is 0 Å². The molecule has 1 nitrogen and oxygen atoms in total. The number of hydrogen-bond acceptors (Lipinski definition) is 1. The van der Waals surface area contributed by atoms with E-state index in [-0.39, 0.29) is 10.8 Å². The largest absolute Gasteiger partial charge is 0.300 e. The minimum Gasteiger partial charge on any atom is -0.300 e. The molecule has 2 atom stereocenters. The molecule has 19 heavy (non-hydrogen) atoms. The summed E-state index contributed by atoms with van der Waals surface area (Å²) >= 11 is 0. The van der Waals surface area contributed by atoms with Crippen molar-refractivity contribution in [2.45, 2.75) is 46.5 Å². The Balaban J connectivity index is 1.87. The average Bonchev–Trinajstić information content (AvgIpc) is 2.64. The van der Waals surface area contributed by atoms with Crippen LogP contribution in [0.1, 0.15) is 50.7 Å². The lowest BCUT2D eigenvalue weighted by Gasteiger charge is -2.32. The molecule has 0 heterocycles. The van der Waals surface area contributed by atoms with Crippen LogP contribution in [-0.4, -0.2) is 5.78 Å².